The van der Waals surface area contributed by atoms with Crippen molar-refractivity contribution in [3.05, 3.63) is 0 Å². The van der Waals surface area contributed by atoms with Crippen LogP contribution >= 0.6 is 12.4 Å². The van der Waals surface area contributed by atoms with Gasteiger partial charge in [-0.05, 0) is 67.2 Å². The second kappa shape index (κ2) is 7.45. The van der Waals surface area contributed by atoms with Gasteiger partial charge in [0.15, 0.2) is 0 Å². The van der Waals surface area contributed by atoms with E-state index in [1.165, 1.54) is 38.5 Å². The number of hydrogen-bond acceptors (Lipinski definition) is 2. The molecule has 0 radical (unpaired) electrons. The Balaban J connectivity index is 0.000000480. The number of rotatable bonds is 2. The van der Waals surface area contributed by atoms with Crippen molar-refractivity contribution >= 4 is 18.3 Å². The fraction of sp³-hybridized carbons (Fsp3) is 0.958. The molecule has 0 spiro atoms. The highest BCUT2D eigenvalue weighted by molar-refractivity contribution is 5.85. The van der Waals surface area contributed by atoms with E-state index in [-0.39, 0.29) is 38.7 Å². The summed E-state index contributed by atoms with van der Waals surface area (Å²) >= 11 is 0. The fourth-order valence-corrected chi connectivity index (χ4v) is 6.07. The highest BCUT2D eigenvalue weighted by atomic mass is 35.5. The summed E-state index contributed by atoms with van der Waals surface area (Å²) in [5.41, 5.74) is 3.01. The molecular weight excluding hydrogens is 368 g/mol. The Labute approximate surface area is 182 Å². The summed E-state index contributed by atoms with van der Waals surface area (Å²) in [5.74, 6) is 0.215. The normalized spacial score (nSPS) is 38.8. The van der Waals surface area contributed by atoms with E-state index in [4.69, 9.17) is 0 Å². The van der Waals surface area contributed by atoms with Gasteiger partial charge in [-0.2, -0.15) is 0 Å². The number of nitrogens with one attached hydrogen (secondary N) is 1. The van der Waals surface area contributed by atoms with E-state index in [0.29, 0.717) is 27.2 Å². The minimum absolute atomic E-state index is 0. The number of hydrogen-bond donors (Lipinski definition) is 1. The monoisotopic (exact) mass is 416 g/mol. The lowest BCUT2D eigenvalue weighted by Crippen LogP contribution is -2.77. The van der Waals surface area contributed by atoms with Crippen LogP contribution in [0.3, 0.4) is 0 Å². The molecule has 0 heterocycles. The second-order valence-corrected chi connectivity index (χ2v) is 12.0. The molecule has 4 heteroatoms. The Kier molecular flexibility index (Phi) is 7.37. The van der Waals surface area contributed by atoms with Crippen LogP contribution < -0.4 is 5.32 Å². The summed E-state index contributed by atoms with van der Waals surface area (Å²) in [4.78, 5) is 13.2. The van der Waals surface area contributed by atoms with Crippen LogP contribution in [0.4, 0.5) is 0 Å². The van der Waals surface area contributed by atoms with Crippen molar-refractivity contribution in [2.45, 2.75) is 113 Å². The maximum Gasteiger partial charge on any atom is 0.219 e. The SMILES string of the molecule is C.C.CC(=O)N(C)C12CC(C(C)(C)C)(C1)C2.CNC12CC(C(C)(C)C)(C1)C2.Cl. The minimum Gasteiger partial charge on any atom is -0.340 e. The summed E-state index contributed by atoms with van der Waals surface area (Å²) in [6.45, 7) is 15.8. The molecule has 168 valence electrons. The van der Waals surface area contributed by atoms with Gasteiger partial charge in [0.25, 0.3) is 0 Å². The lowest BCUT2D eigenvalue weighted by molar-refractivity contribution is -0.256. The Hall–Kier alpha value is -0.280. The first kappa shape index (κ1) is 27.7. The average Bonchev–Trinajstić information content (AvgIpc) is 2.18. The molecule has 4 bridgehead atoms. The van der Waals surface area contributed by atoms with Crippen molar-refractivity contribution in [2.24, 2.45) is 21.7 Å². The van der Waals surface area contributed by atoms with E-state index in [1.54, 1.807) is 6.92 Å². The maximum atomic E-state index is 11.3. The zero-order chi connectivity index (χ0) is 19.1. The summed E-state index contributed by atoms with van der Waals surface area (Å²) < 4.78 is 0. The van der Waals surface area contributed by atoms with E-state index in [2.05, 4.69) is 53.9 Å². The van der Waals surface area contributed by atoms with Crippen LogP contribution in [-0.2, 0) is 4.79 Å². The van der Waals surface area contributed by atoms with Crippen LogP contribution in [0.15, 0.2) is 0 Å². The molecule has 3 nitrogen and oxygen atoms in total. The first-order chi connectivity index (χ1) is 11.2. The second-order valence-electron chi connectivity index (χ2n) is 12.0. The molecule has 6 saturated carbocycles. The summed E-state index contributed by atoms with van der Waals surface area (Å²) in [5, 5.41) is 3.44. The standard InChI is InChI=1S/C12H21NO.C10H19N.2CH4.ClH/c1-9(14)13(5)12-6-11(7-12,8-12)10(2,3)4;1-8(2,3)9-5-10(6-9,7-9)11-4;;;/h6-8H2,1-5H3;11H,5-7H2,1-4H3;2*1H4;1H. The molecule has 28 heavy (non-hydrogen) atoms. The van der Waals surface area contributed by atoms with Crippen molar-refractivity contribution in [1.82, 2.24) is 10.2 Å². The molecule has 0 aliphatic heterocycles. The lowest BCUT2D eigenvalue weighted by atomic mass is 9.32. The fourth-order valence-electron chi connectivity index (χ4n) is 6.07. The van der Waals surface area contributed by atoms with Gasteiger partial charge in [-0.15, -0.1) is 12.4 Å². The van der Waals surface area contributed by atoms with Crippen molar-refractivity contribution in [3.8, 4) is 0 Å². The van der Waals surface area contributed by atoms with Gasteiger partial charge in [0, 0.05) is 25.0 Å². The first-order valence-electron chi connectivity index (χ1n) is 10.1. The van der Waals surface area contributed by atoms with Crippen LogP contribution in [0.5, 0.6) is 0 Å². The van der Waals surface area contributed by atoms with Crippen molar-refractivity contribution in [2.75, 3.05) is 14.1 Å². The zero-order valence-electron chi connectivity index (χ0n) is 18.5. The van der Waals surface area contributed by atoms with Crippen LogP contribution in [0.2, 0.25) is 0 Å². The number of amides is 1. The van der Waals surface area contributed by atoms with E-state index in [0.717, 1.165) is 0 Å². The van der Waals surface area contributed by atoms with Gasteiger partial charge >= 0.3 is 0 Å². The van der Waals surface area contributed by atoms with Gasteiger partial charge in [-0.1, -0.05) is 56.4 Å². The van der Waals surface area contributed by atoms with Crippen LogP contribution in [0.1, 0.15) is 102 Å². The predicted molar refractivity (Wildman–Crippen MR) is 125 cm³/mol. The quantitative estimate of drug-likeness (QED) is 0.572. The summed E-state index contributed by atoms with van der Waals surface area (Å²) in [6, 6.07) is 0. The summed E-state index contributed by atoms with van der Waals surface area (Å²) in [7, 11) is 4.06. The lowest BCUT2D eigenvalue weighted by Gasteiger charge is -2.77. The number of nitrogens with zero attached hydrogens (tertiary/aromatic N) is 1. The molecule has 0 atom stereocenters. The molecule has 0 aromatic carbocycles. The highest BCUT2D eigenvalue weighted by Gasteiger charge is 2.73. The van der Waals surface area contributed by atoms with Gasteiger partial charge in [0.05, 0.1) is 0 Å². The van der Waals surface area contributed by atoms with E-state index < -0.39 is 0 Å². The minimum atomic E-state index is 0. The molecule has 6 fully saturated rings. The molecule has 0 saturated heterocycles. The summed E-state index contributed by atoms with van der Waals surface area (Å²) in [6.07, 6.45) is 7.92. The van der Waals surface area contributed by atoms with Crippen molar-refractivity contribution in [3.63, 3.8) is 0 Å². The molecule has 6 aliphatic rings. The van der Waals surface area contributed by atoms with Crippen LogP contribution in [-0.4, -0.2) is 36.0 Å². The predicted octanol–water partition coefficient (Wildman–Crippen LogP) is 6.30. The van der Waals surface area contributed by atoms with Crippen molar-refractivity contribution < 1.29 is 4.79 Å². The van der Waals surface area contributed by atoms with E-state index >= 15 is 0 Å². The maximum absolute atomic E-state index is 11.3. The third kappa shape index (κ3) is 3.53. The van der Waals surface area contributed by atoms with Crippen LogP contribution in [0, 0.1) is 21.7 Å². The molecule has 0 unspecified atom stereocenters. The van der Waals surface area contributed by atoms with Gasteiger partial charge in [-0.3, -0.25) is 4.79 Å². The van der Waals surface area contributed by atoms with Gasteiger partial charge in [0.1, 0.15) is 0 Å². The highest BCUT2D eigenvalue weighted by Crippen LogP contribution is 2.76. The first-order valence-corrected chi connectivity index (χ1v) is 10.1. The van der Waals surface area contributed by atoms with Gasteiger partial charge in [-0.25, -0.2) is 0 Å². The number of carbonyl (C=O) groups is 1. The third-order valence-electron chi connectivity index (χ3n) is 8.93. The van der Waals surface area contributed by atoms with E-state index in [9.17, 15) is 4.79 Å². The van der Waals surface area contributed by atoms with Gasteiger partial charge < -0.3 is 10.2 Å². The van der Waals surface area contributed by atoms with Crippen LogP contribution in [0.25, 0.3) is 0 Å². The smallest absolute Gasteiger partial charge is 0.219 e. The number of halogens is 1. The third-order valence-corrected chi connectivity index (χ3v) is 8.93. The molecular formula is C24H49ClN2O. The Bertz CT molecular complexity index is 545. The molecule has 1 amide bonds. The average molecular weight is 417 g/mol. The molecule has 6 rings (SSSR count). The topological polar surface area (TPSA) is 32.3 Å². The Morgan fingerprint density at radius 2 is 1.14 bits per heavy atom. The zero-order valence-corrected chi connectivity index (χ0v) is 19.3. The molecule has 0 aromatic rings. The van der Waals surface area contributed by atoms with E-state index in [1.807, 2.05) is 11.9 Å². The number of carbonyl (C=O) groups excluding carboxylic acids is 1. The molecule has 6 aliphatic carbocycles. The molecule has 1 N–H and O–H groups in total. The van der Waals surface area contributed by atoms with Gasteiger partial charge in [0.2, 0.25) is 5.91 Å². The Morgan fingerprint density at radius 1 is 0.821 bits per heavy atom. The molecule has 0 aromatic heterocycles. The largest absolute Gasteiger partial charge is 0.340 e. The van der Waals surface area contributed by atoms with Crippen molar-refractivity contribution in [1.29, 1.82) is 0 Å². The Morgan fingerprint density at radius 3 is 1.39 bits per heavy atom.